The van der Waals surface area contributed by atoms with E-state index in [1.807, 2.05) is 6.07 Å². The van der Waals surface area contributed by atoms with E-state index in [0.29, 0.717) is 4.88 Å². The van der Waals surface area contributed by atoms with Gasteiger partial charge in [-0.05, 0) is 24.1 Å². The van der Waals surface area contributed by atoms with Crippen LogP contribution in [0.5, 0.6) is 0 Å². The van der Waals surface area contributed by atoms with Crippen LogP contribution in [0.4, 0.5) is 5.13 Å². The fourth-order valence-corrected chi connectivity index (χ4v) is 2.50. The number of nitrogens with one attached hydrogen (secondary N) is 2. The number of imidazole rings is 1. The highest BCUT2D eigenvalue weighted by Crippen LogP contribution is 2.17. The third-order valence-electron chi connectivity index (χ3n) is 2.79. The van der Waals surface area contributed by atoms with Crippen molar-refractivity contribution < 1.29 is 0 Å². The van der Waals surface area contributed by atoms with Crippen molar-refractivity contribution in [1.82, 2.24) is 15.0 Å². The van der Waals surface area contributed by atoms with Crippen LogP contribution in [0, 0.1) is 11.3 Å². The Balaban J connectivity index is 1.61. The zero-order valence-electron chi connectivity index (χ0n) is 10.1. The van der Waals surface area contributed by atoms with Gasteiger partial charge >= 0.3 is 0 Å². The fraction of sp³-hybridized carbons (Fsp3) is 0.154. The quantitative estimate of drug-likeness (QED) is 0.763. The predicted molar refractivity (Wildman–Crippen MR) is 75.1 cm³/mol. The molecule has 3 rings (SSSR count). The van der Waals surface area contributed by atoms with Gasteiger partial charge in [0.05, 0.1) is 23.6 Å². The Morgan fingerprint density at radius 2 is 2.32 bits per heavy atom. The van der Waals surface area contributed by atoms with Gasteiger partial charge in [-0.1, -0.05) is 17.4 Å². The molecule has 0 atom stereocenters. The number of anilines is 1. The van der Waals surface area contributed by atoms with Gasteiger partial charge < -0.3 is 10.3 Å². The first kappa shape index (κ1) is 11.7. The lowest BCUT2D eigenvalue weighted by Gasteiger charge is -2.03. The van der Waals surface area contributed by atoms with Crippen molar-refractivity contribution in [3.05, 3.63) is 41.2 Å². The Hall–Kier alpha value is -2.39. The monoisotopic (exact) mass is 269 g/mol. The normalized spacial score (nSPS) is 10.5. The van der Waals surface area contributed by atoms with Gasteiger partial charge in [-0.3, -0.25) is 0 Å². The van der Waals surface area contributed by atoms with Gasteiger partial charge in [0.25, 0.3) is 0 Å². The van der Waals surface area contributed by atoms with Crippen molar-refractivity contribution in [3.63, 3.8) is 0 Å². The molecular weight excluding hydrogens is 258 g/mol. The van der Waals surface area contributed by atoms with E-state index in [0.717, 1.165) is 29.1 Å². The molecule has 0 saturated carbocycles. The number of benzene rings is 1. The molecule has 19 heavy (non-hydrogen) atoms. The minimum atomic E-state index is 0.626. The lowest BCUT2D eigenvalue weighted by molar-refractivity contribution is 1.02. The maximum atomic E-state index is 8.72. The van der Waals surface area contributed by atoms with Crippen molar-refractivity contribution in [1.29, 1.82) is 5.26 Å². The molecule has 5 nitrogen and oxygen atoms in total. The lowest BCUT2D eigenvalue weighted by atomic mass is 10.1. The standard InChI is InChI=1S/C13H11N5S/c14-6-10-7-16-13(19-10)15-4-3-9-1-2-11-12(5-9)18-8-17-11/h1-2,5,7-8H,3-4H2,(H,15,16)(H,17,18). The van der Waals surface area contributed by atoms with Crippen LogP contribution in [0.3, 0.4) is 0 Å². The van der Waals surface area contributed by atoms with Gasteiger partial charge in [0, 0.05) is 6.54 Å². The molecular formula is C13H11N5S. The number of aromatic nitrogens is 3. The first-order valence-corrected chi connectivity index (χ1v) is 6.68. The van der Waals surface area contributed by atoms with Gasteiger partial charge in [-0.2, -0.15) is 5.26 Å². The first-order valence-electron chi connectivity index (χ1n) is 5.87. The molecule has 94 valence electrons. The molecule has 1 aromatic carbocycles. The van der Waals surface area contributed by atoms with E-state index in [9.17, 15) is 0 Å². The zero-order chi connectivity index (χ0) is 13.1. The summed E-state index contributed by atoms with van der Waals surface area (Å²) >= 11 is 1.37. The van der Waals surface area contributed by atoms with Crippen LogP contribution < -0.4 is 5.32 Å². The third kappa shape index (κ3) is 2.56. The number of hydrogen-bond acceptors (Lipinski definition) is 5. The molecule has 0 fully saturated rings. The number of thiazole rings is 1. The highest BCUT2D eigenvalue weighted by Gasteiger charge is 2.01. The molecule has 0 aliphatic rings. The molecule has 0 aliphatic carbocycles. The number of fused-ring (bicyclic) bond motifs is 1. The molecule has 6 heteroatoms. The number of nitrogens with zero attached hydrogens (tertiary/aromatic N) is 3. The topological polar surface area (TPSA) is 77.4 Å². The van der Waals surface area contributed by atoms with Gasteiger partial charge in [0.1, 0.15) is 10.9 Å². The van der Waals surface area contributed by atoms with Crippen LogP contribution in [0.2, 0.25) is 0 Å². The summed E-state index contributed by atoms with van der Waals surface area (Å²) in [5, 5.41) is 12.7. The summed E-state index contributed by atoms with van der Waals surface area (Å²) in [6, 6.07) is 8.27. The first-order chi connectivity index (χ1) is 9.35. The summed E-state index contributed by atoms with van der Waals surface area (Å²) < 4.78 is 0. The fourth-order valence-electron chi connectivity index (χ4n) is 1.86. The predicted octanol–water partition coefficient (Wildman–Crippen LogP) is 2.55. The Labute approximate surface area is 113 Å². The molecule has 0 spiro atoms. The van der Waals surface area contributed by atoms with Crippen molar-refractivity contribution in [2.75, 3.05) is 11.9 Å². The molecule has 0 amide bonds. The van der Waals surface area contributed by atoms with E-state index in [-0.39, 0.29) is 0 Å². The summed E-state index contributed by atoms with van der Waals surface area (Å²) in [4.78, 5) is 12.0. The smallest absolute Gasteiger partial charge is 0.183 e. The Morgan fingerprint density at radius 1 is 1.37 bits per heavy atom. The number of hydrogen-bond donors (Lipinski definition) is 2. The van der Waals surface area contributed by atoms with Gasteiger partial charge in [-0.15, -0.1) is 0 Å². The van der Waals surface area contributed by atoms with E-state index in [2.05, 4.69) is 38.5 Å². The number of nitriles is 1. The second-order valence-electron chi connectivity index (χ2n) is 4.07. The maximum Gasteiger partial charge on any atom is 0.183 e. The summed E-state index contributed by atoms with van der Waals surface area (Å²) in [6.45, 7) is 0.790. The van der Waals surface area contributed by atoms with Crippen LogP contribution in [-0.4, -0.2) is 21.5 Å². The molecule has 0 saturated heterocycles. The Kier molecular flexibility index (Phi) is 3.12. The van der Waals surface area contributed by atoms with Crippen molar-refractivity contribution in [3.8, 4) is 6.07 Å². The van der Waals surface area contributed by atoms with E-state index in [1.165, 1.54) is 16.9 Å². The van der Waals surface area contributed by atoms with Crippen LogP contribution >= 0.6 is 11.3 Å². The lowest BCUT2D eigenvalue weighted by Crippen LogP contribution is -2.04. The molecule has 2 heterocycles. The third-order valence-corrected chi connectivity index (χ3v) is 3.65. The minimum absolute atomic E-state index is 0.626. The summed E-state index contributed by atoms with van der Waals surface area (Å²) in [6.07, 6.45) is 4.19. The molecule has 0 radical (unpaired) electrons. The molecule has 2 N–H and O–H groups in total. The van der Waals surface area contributed by atoms with Crippen molar-refractivity contribution >= 4 is 27.5 Å². The molecule has 0 bridgehead atoms. The molecule has 0 aliphatic heterocycles. The highest BCUT2D eigenvalue weighted by atomic mass is 32.1. The zero-order valence-corrected chi connectivity index (χ0v) is 10.9. The number of rotatable bonds is 4. The second kappa shape index (κ2) is 5.08. The van der Waals surface area contributed by atoms with Crippen molar-refractivity contribution in [2.24, 2.45) is 0 Å². The van der Waals surface area contributed by atoms with E-state index in [1.54, 1.807) is 12.5 Å². The highest BCUT2D eigenvalue weighted by molar-refractivity contribution is 7.16. The van der Waals surface area contributed by atoms with Crippen molar-refractivity contribution in [2.45, 2.75) is 6.42 Å². The largest absolute Gasteiger partial charge is 0.361 e. The number of aromatic amines is 1. The summed E-state index contributed by atoms with van der Waals surface area (Å²) in [5.74, 6) is 0. The Morgan fingerprint density at radius 3 is 3.16 bits per heavy atom. The molecule has 3 aromatic rings. The van der Waals surface area contributed by atoms with E-state index in [4.69, 9.17) is 5.26 Å². The molecule has 2 aromatic heterocycles. The van der Waals surface area contributed by atoms with E-state index >= 15 is 0 Å². The van der Waals surface area contributed by atoms with Crippen LogP contribution in [0.15, 0.2) is 30.7 Å². The average Bonchev–Trinajstić information content (AvgIpc) is 3.06. The van der Waals surface area contributed by atoms with Crippen LogP contribution in [0.1, 0.15) is 10.4 Å². The minimum Gasteiger partial charge on any atom is -0.361 e. The van der Waals surface area contributed by atoms with Gasteiger partial charge in [-0.25, -0.2) is 9.97 Å². The maximum absolute atomic E-state index is 8.72. The molecule has 0 unspecified atom stereocenters. The second-order valence-corrected chi connectivity index (χ2v) is 5.10. The van der Waals surface area contributed by atoms with Gasteiger partial charge in [0.2, 0.25) is 0 Å². The van der Waals surface area contributed by atoms with Crippen LogP contribution in [0.25, 0.3) is 11.0 Å². The summed E-state index contributed by atoms with van der Waals surface area (Å²) in [5.41, 5.74) is 3.27. The average molecular weight is 269 g/mol. The summed E-state index contributed by atoms with van der Waals surface area (Å²) in [7, 11) is 0. The van der Waals surface area contributed by atoms with E-state index < -0.39 is 0 Å². The number of H-pyrrole nitrogens is 1. The Bertz CT molecular complexity index is 737. The van der Waals surface area contributed by atoms with Gasteiger partial charge in [0.15, 0.2) is 5.13 Å². The van der Waals surface area contributed by atoms with Crippen LogP contribution in [-0.2, 0) is 6.42 Å². The SMILES string of the molecule is N#Cc1cnc(NCCc2ccc3nc[nH]c3c2)s1.